The normalized spacial score (nSPS) is 12.8. The van der Waals surface area contributed by atoms with E-state index in [1.165, 1.54) is 88.2 Å². The fourth-order valence-corrected chi connectivity index (χ4v) is 4.54. The van der Waals surface area contributed by atoms with Gasteiger partial charge in [-0.3, -0.25) is 0 Å². The summed E-state index contributed by atoms with van der Waals surface area (Å²) in [6, 6.07) is 21.5. The van der Waals surface area contributed by atoms with Crippen molar-refractivity contribution in [2.75, 3.05) is 13.2 Å². The van der Waals surface area contributed by atoms with Crippen LogP contribution in [0.25, 0.3) is 0 Å². The van der Waals surface area contributed by atoms with Gasteiger partial charge in [-0.1, -0.05) is 124 Å². The fourth-order valence-electron chi connectivity index (χ4n) is 4.54. The lowest BCUT2D eigenvalue weighted by molar-refractivity contribution is 0.125. The van der Waals surface area contributed by atoms with E-state index in [-0.39, 0.29) is 0 Å². The van der Waals surface area contributed by atoms with Crippen LogP contribution < -0.4 is 0 Å². The Morgan fingerprint density at radius 3 is 1.27 bits per heavy atom. The second-order valence-electron chi connectivity index (χ2n) is 9.23. The lowest BCUT2D eigenvalue weighted by Crippen LogP contribution is -1.98. The maximum Gasteiger partial charge on any atom is 0.0466 e. The number of ether oxygens (including phenoxy) is 1. The van der Waals surface area contributed by atoms with Crippen molar-refractivity contribution in [2.24, 2.45) is 0 Å². The van der Waals surface area contributed by atoms with E-state index < -0.39 is 0 Å². The van der Waals surface area contributed by atoms with Crippen LogP contribution in [0.3, 0.4) is 0 Å². The van der Waals surface area contributed by atoms with Crippen LogP contribution in [-0.4, -0.2) is 13.2 Å². The minimum atomic E-state index is 0.502. The Hall–Kier alpha value is -2.12. The van der Waals surface area contributed by atoms with Crippen molar-refractivity contribution in [3.63, 3.8) is 0 Å². The van der Waals surface area contributed by atoms with E-state index in [0.717, 1.165) is 13.2 Å². The van der Waals surface area contributed by atoms with Gasteiger partial charge in [-0.15, -0.1) is 13.2 Å². The zero-order valence-corrected chi connectivity index (χ0v) is 20.8. The average Bonchev–Trinajstić information content (AvgIpc) is 2.87. The molecular formula is C32H46O. The molecule has 0 aliphatic carbocycles. The summed E-state index contributed by atoms with van der Waals surface area (Å²) >= 11 is 0. The first-order chi connectivity index (χ1) is 16.3. The third-order valence-corrected chi connectivity index (χ3v) is 6.63. The van der Waals surface area contributed by atoms with Gasteiger partial charge >= 0.3 is 0 Å². The fraction of sp³-hybridized carbons (Fsp3) is 0.500. The molecule has 0 spiro atoms. The van der Waals surface area contributed by atoms with Crippen LogP contribution >= 0.6 is 0 Å². The van der Waals surface area contributed by atoms with Crippen LogP contribution in [0.2, 0.25) is 0 Å². The van der Waals surface area contributed by atoms with Gasteiger partial charge < -0.3 is 4.74 Å². The first-order valence-electron chi connectivity index (χ1n) is 13.3. The highest BCUT2D eigenvalue weighted by Crippen LogP contribution is 2.24. The number of benzene rings is 2. The molecule has 0 saturated carbocycles. The topological polar surface area (TPSA) is 9.23 Å². The molecule has 2 atom stereocenters. The standard InChI is InChI=1S/C32H46O/c1-3-29(31-23-15-11-16-24-31)21-13-7-5-9-19-27-33-28-20-10-6-8-14-22-30(4-2)32-25-17-12-18-26-32/h3-4,11-12,15-18,23-26,29-30H,1-2,5-10,13-14,19-22,27-28H2. The van der Waals surface area contributed by atoms with Crippen LogP contribution in [0, 0.1) is 0 Å². The molecule has 180 valence electrons. The van der Waals surface area contributed by atoms with Crippen molar-refractivity contribution in [1.82, 2.24) is 0 Å². The summed E-state index contributed by atoms with van der Waals surface area (Å²) in [4.78, 5) is 0. The zero-order chi connectivity index (χ0) is 23.4. The Bertz CT molecular complexity index is 657. The maximum atomic E-state index is 5.85. The van der Waals surface area contributed by atoms with E-state index in [1.807, 2.05) is 0 Å². The second kappa shape index (κ2) is 18.3. The summed E-state index contributed by atoms with van der Waals surface area (Å²) in [5, 5.41) is 0. The van der Waals surface area contributed by atoms with Crippen molar-refractivity contribution >= 4 is 0 Å². The van der Waals surface area contributed by atoms with Crippen molar-refractivity contribution in [2.45, 2.75) is 88.9 Å². The van der Waals surface area contributed by atoms with Gasteiger partial charge in [0.15, 0.2) is 0 Å². The summed E-state index contributed by atoms with van der Waals surface area (Å²) in [6.07, 6.45) is 19.4. The molecule has 0 aromatic heterocycles. The molecule has 0 radical (unpaired) electrons. The Morgan fingerprint density at radius 1 is 0.515 bits per heavy atom. The van der Waals surface area contributed by atoms with Crippen molar-refractivity contribution in [1.29, 1.82) is 0 Å². The summed E-state index contributed by atoms with van der Waals surface area (Å²) in [5.41, 5.74) is 2.79. The maximum absolute atomic E-state index is 5.85. The largest absolute Gasteiger partial charge is 0.381 e. The Kier molecular flexibility index (Phi) is 15.1. The third kappa shape index (κ3) is 12.1. The molecule has 1 nitrogen and oxygen atoms in total. The van der Waals surface area contributed by atoms with Gasteiger partial charge in [0.2, 0.25) is 0 Å². The summed E-state index contributed by atoms with van der Waals surface area (Å²) in [7, 11) is 0. The van der Waals surface area contributed by atoms with Crippen LogP contribution in [0.4, 0.5) is 0 Å². The molecule has 0 N–H and O–H groups in total. The summed E-state index contributed by atoms with van der Waals surface area (Å²) < 4.78 is 5.85. The SMILES string of the molecule is C=CC(CCCCCCCOCCCCCCCC(C=C)c1ccccc1)c1ccccc1. The van der Waals surface area contributed by atoms with E-state index in [4.69, 9.17) is 4.74 Å². The molecule has 0 fully saturated rings. The van der Waals surface area contributed by atoms with Crippen LogP contribution in [-0.2, 0) is 4.74 Å². The highest BCUT2D eigenvalue weighted by Gasteiger charge is 2.07. The molecule has 0 aliphatic heterocycles. The predicted octanol–water partition coefficient (Wildman–Crippen LogP) is 9.62. The zero-order valence-electron chi connectivity index (χ0n) is 20.8. The minimum Gasteiger partial charge on any atom is -0.381 e. The molecule has 0 bridgehead atoms. The molecule has 33 heavy (non-hydrogen) atoms. The molecule has 0 aliphatic rings. The van der Waals surface area contributed by atoms with Crippen molar-refractivity contribution in [3.05, 3.63) is 97.1 Å². The molecular weight excluding hydrogens is 400 g/mol. The van der Waals surface area contributed by atoms with Crippen LogP contribution in [0.1, 0.15) is 100 Å². The third-order valence-electron chi connectivity index (χ3n) is 6.63. The first kappa shape index (κ1) is 27.1. The Morgan fingerprint density at radius 2 is 0.879 bits per heavy atom. The highest BCUT2D eigenvalue weighted by molar-refractivity contribution is 5.23. The minimum absolute atomic E-state index is 0.502. The number of unbranched alkanes of at least 4 members (excludes halogenated alkanes) is 8. The van der Waals surface area contributed by atoms with E-state index >= 15 is 0 Å². The average molecular weight is 447 g/mol. The molecule has 2 aromatic rings. The first-order valence-corrected chi connectivity index (χ1v) is 13.3. The predicted molar refractivity (Wildman–Crippen MR) is 145 cm³/mol. The van der Waals surface area contributed by atoms with Gasteiger partial charge in [0.25, 0.3) is 0 Å². The molecule has 1 heteroatoms. The summed E-state index contributed by atoms with van der Waals surface area (Å²) in [5.74, 6) is 1.00. The quantitative estimate of drug-likeness (QED) is 0.145. The lowest BCUT2D eigenvalue weighted by Gasteiger charge is -2.12. The van der Waals surface area contributed by atoms with Crippen molar-refractivity contribution in [3.8, 4) is 0 Å². The molecule has 0 heterocycles. The molecule has 2 rings (SSSR count). The molecule has 2 unspecified atom stereocenters. The van der Waals surface area contributed by atoms with E-state index in [0.29, 0.717) is 11.8 Å². The van der Waals surface area contributed by atoms with Gasteiger partial charge in [-0.05, 0) is 36.8 Å². The van der Waals surface area contributed by atoms with E-state index in [9.17, 15) is 0 Å². The highest BCUT2D eigenvalue weighted by atomic mass is 16.5. The molecule has 2 aromatic carbocycles. The van der Waals surface area contributed by atoms with Gasteiger partial charge in [0.05, 0.1) is 0 Å². The number of hydrogen-bond acceptors (Lipinski definition) is 1. The van der Waals surface area contributed by atoms with Gasteiger partial charge in [0, 0.05) is 25.0 Å². The Labute approximate surface area is 204 Å². The van der Waals surface area contributed by atoms with Crippen LogP contribution in [0.5, 0.6) is 0 Å². The number of allylic oxidation sites excluding steroid dienone is 2. The Balaban J connectivity index is 1.34. The summed E-state index contributed by atoms with van der Waals surface area (Å²) in [6.45, 7) is 9.90. The lowest BCUT2D eigenvalue weighted by atomic mass is 9.93. The molecule has 0 amide bonds. The molecule has 0 saturated heterocycles. The number of hydrogen-bond donors (Lipinski definition) is 0. The second-order valence-corrected chi connectivity index (χ2v) is 9.23. The van der Waals surface area contributed by atoms with Crippen molar-refractivity contribution < 1.29 is 4.74 Å². The van der Waals surface area contributed by atoms with Crippen LogP contribution in [0.15, 0.2) is 86.0 Å². The van der Waals surface area contributed by atoms with Gasteiger partial charge in [-0.2, -0.15) is 0 Å². The van der Waals surface area contributed by atoms with E-state index in [2.05, 4.69) is 86.0 Å². The smallest absolute Gasteiger partial charge is 0.0466 e. The number of rotatable bonds is 20. The van der Waals surface area contributed by atoms with Gasteiger partial charge in [-0.25, -0.2) is 0 Å². The monoisotopic (exact) mass is 446 g/mol. The van der Waals surface area contributed by atoms with E-state index in [1.54, 1.807) is 0 Å². The van der Waals surface area contributed by atoms with Gasteiger partial charge in [0.1, 0.15) is 0 Å².